The van der Waals surface area contributed by atoms with Gasteiger partial charge < -0.3 is 10.1 Å². The van der Waals surface area contributed by atoms with Crippen molar-refractivity contribution in [2.75, 3.05) is 6.54 Å². The fourth-order valence-corrected chi connectivity index (χ4v) is 3.10. The summed E-state index contributed by atoms with van der Waals surface area (Å²) in [4.78, 5) is 23.8. The zero-order chi connectivity index (χ0) is 17.5. The molecular formula is C21H23NO3. The molecule has 25 heavy (non-hydrogen) atoms. The van der Waals surface area contributed by atoms with Crippen molar-refractivity contribution in [3.05, 3.63) is 70.8 Å². The van der Waals surface area contributed by atoms with Gasteiger partial charge in [0.15, 0.2) is 0 Å². The SMILES string of the molecule is O=C(Cc1ccc2c(c1)CCCC2)NCC(=O)OCc1ccccc1. The molecule has 0 saturated carbocycles. The number of carbonyl (C=O) groups excluding carboxylic acids is 2. The lowest BCUT2D eigenvalue weighted by Gasteiger charge is -2.16. The third-order valence-corrected chi connectivity index (χ3v) is 4.45. The normalized spacial score (nSPS) is 13.0. The Kier molecular flexibility index (Phi) is 5.83. The molecule has 0 aliphatic heterocycles. The van der Waals surface area contributed by atoms with Gasteiger partial charge in [-0.2, -0.15) is 0 Å². The molecule has 2 aromatic carbocycles. The summed E-state index contributed by atoms with van der Waals surface area (Å²) in [6, 6.07) is 15.7. The first-order valence-corrected chi connectivity index (χ1v) is 8.77. The monoisotopic (exact) mass is 337 g/mol. The molecule has 0 fully saturated rings. The fraction of sp³-hybridized carbons (Fsp3) is 0.333. The van der Waals surface area contributed by atoms with Crippen LogP contribution < -0.4 is 5.32 Å². The minimum Gasteiger partial charge on any atom is -0.460 e. The molecular weight excluding hydrogens is 314 g/mol. The highest BCUT2D eigenvalue weighted by Crippen LogP contribution is 2.22. The van der Waals surface area contributed by atoms with Crippen molar-refractivity contribution in [2.24, 2.45) is 0 Å². The van der Waals surface area contributed by atoms with Gasteiger partial charge in [0.25, 0.3) is 0 Å². The van der Waals surface area contributed by atoms with Crippen LogP contribution >= 0.6 is 0 Å². The van der Waals surface area contributed by atoms with E-state index in [1.54, 1.807) is 0 Å². The minimum atomic E-state index is -0.428. The Balaban J connectivity index is 1.42. The topological polar surface area (TPSA) is 55.4 Å². The summed E-state index contributed by atoms with van der Waals surface area (Å²) in [7, 11) is 0. The molecule has 4 heteroatoms. The number of benzene rings is 2. The standard InChI is InChI=1S/C21H23NO3/c23-20(13-17-10-11-18-8-4-5-9-19(18)12-17)22-14-21(24)25-15-16-6-2-1-3-7-16/h1-3,6-7,10-12H,4-5,8-9,13-15H2,(H,22,23). The summed E-state index contributed by atoms with van der Waals surface area (Å²) in [5.41, 5.74) is 4.69. The first kappa shape index (κ1) is 17.2. The van der Waals surface area contributed by atoms with Crippen LogP contribution in [0.5, 0.6) is 0 Å². The van der Waals surface area contributed by atoms with Gasteiger partial charge in [0.05, 0.1) is 6.42 Å². The summed E-state index contributed by atoms with van der Waals surface area (Å²) in [6.45, 7) is 0.122. The average Bonchev–Trinajstić information content (AvgIpc) is 2.65. The van der Waals surface area contributed by atoms with Crippen molar-refractivity contribution in [1.29, 1.82) is 0 Å². The van der Waals surface area contributed by atoms with Gasteiger partial charge in [0, 0.05) is 0 Å². The molecule has 0 radical (unpaired) electrons. The smallest absolute Gasteiger partial charge is 0.325 e. The van der Waals surface area contributed by atoms with E-state index in [9.17, 15) is 9.59 Å². The average molecular weight is 337 g/mol. The van der Waals surface area contributed by atoms with E-state index in [0.29, 0.717) is 6.42 Å². The second-order valence-corrected chi connectivity index (χ2v) is 6.41. The van der Waals surface area contributed by atoms with Crippen LogP contribution in [0.2, 0.25) is 0 Å². The molecule has 4 nitrogen and oxygen atoms in total. The van der Waals surface area contributed by atoms with Crippen LogP contribution in [0.1, 0.15) is 35.1 Å². The molecule has 0 aromatic heterocycles. The van der Waals surface area contributed by atoms with E-state index in [-0.39, 0.29) is 19.1 Å². The van der Waals surface area contributed by atoms with Gasteiger partial charge in [-0.05, 0) is 47.9 Å². The quantitative estimate of drug-likeness (QED) is 0.825. The second-order valence-electron chi connectivity index (χ2n) is 6.41. The van der Waals surface area contributed by atoms with Gasteiger partial charge in [-0.25, -0.2) is 0 Å². The van der Waals surface area contributed by atoms with Crippen molar-refractivity contribution in [3.8, 4) is 0 Å². The zero-order valence-corrected chi connectivity index (χ0v) is 14.3. The highest BCUT2D eigenvalue weighted by molar-refractivity contribution is 5.83. The van der Waals surface area contributed by atoms with E-state index in [1.165, 1.54) is 24.0 Å². The third kappa shape index (κ3) is 5.18. The van der Waals surface area contributed by atoms with Gasteiger partial charge in [0.1, 0.15) is 13.2 Å². The van der Waals surface area contributed by atoms with Crippen LogP contribution in [-0.2, 0) is 40.2 Å². The summed E-state index contributed by atoms with van der Waals surface area (Å²) in [6.07, 6.45) is 4.98. The molecule has 0 unspecified atom stereocenters. The van der Waals surface area contributed by atoms with Gasteiger partial charge in [-0.15, -0.1) is 0 Å². The first-order valence-electron chi connectivity index (χ1n) is 8.77. The van der Waals surface area contributed by atoms with Crippen molar-refractivity contribution in [1.82, 2.24) is 5.32 Å². The molecule has 130 valence electrons. The number of hydrogen-bond donors (Lipinski definition) is 1. The third-order valence-electron chi connectivity index (χ3n) is 4.45. The lowest BCUT2D eigenvalue weighted by Crippen LogP contribution is -2.31. The molecule has 0 atom stereocenters. The number of esters is 1. The number of nitrogens with one attached hydrogen (secondary N) is 1. The van der Waals surface area contributed by atoms with Gasteiger partial charge in [-0.3, -0.25) is 9.59 Å². The van der Waals surface area contributed by atoms with Crippen LogP contribution in [-0.4, -0.2) is 18.4 Å². The maximum Gasteiger partial charge on any atom is 0.325 e. The molecule has 0 saturated heterocycles. The molecule has 0 heterocycles. The van der Waals surface area contributed by atoms with Crippen LogP contribution in [0.25, 0.3) is 0 Å². The largest absolute Gasteiger partial charge is 0.460 e. The highest BCUT2D eigenvalue weighted by Gasteiger charge is 2.12. The van der Waals surface area contributed by atoms with Gasteiger partial charge >= 0.3 is 5.97 Å². The van der Waals surface area contributed by atoms with Gasteiger partial charge in [0.2, 0.25) is 5.91 Å². The van der Waals surface area contributed by atoms with E-state index >= 15 is 0 Å². The van der Waals surface area contributed by atoms with Crippen molar-refractivity contribution >= 4 is 11.9 Å². The van der Waals surface area contributed by atoms with Crippen molar-refractivity contribution in [2.45, 2.75) is 38.7 Å². The van der Waals surface area contributed by atoms with E-state index in [4.69, 9.17) is 4.74 Å². The van der Waals surface area contributed by atoms with E-state index in [1.807, 2.05) is 36.4 Å². The Morgan fingerprint density at radius 2 is 1.68 bits per heavy atom. The molecule has 2 aromatic rings. The molecule has 1 amide bonds. The van der Waals surface area contributed by atoms with Gasteiger partial charge in [-0.1, -0.05) is 48.5 Å². The summed E-state index contributed by atoms with van der Waals surface area (Å²) < 4.78 is 5.15. The molecule has 1 N–H and O–H groups in total. The first-order chi connectivity index (χ1) is 12.2. The number of fused-ring (bicyclic) bond motifs is 1. The molecule has 0 bridgehead atoms. The van der Waals surface area contributed by atoms with Crippen LogP contribution in [0.3, 0.4) is 0 Å². The van der Waals surface area contributed by atoms with E-state index < -0.39 is 5.97 Å². The molecule has 1 aliphatic carbocycles. The number of hydrogen-bond acceptors (Lipinski definition) is 3. The highest BCUT2D eigenvalue weighted by atomic mass is 16.5. The Morgan fingerprint density at radius 3 is 2.48 bits per heavy atom. The lowest BCUT2D eigenvalue weighted by molar-refractivity contribution is -0.145. The lowest BCUT2D eigenvalue weighted by atomic mass is 9.90. The maximum atomic E-state index is 12.0. The predicted molar refractivity (Wildman–Crippen MR) is 96.0 cm³/mol. The maximum absolute atomic E-state index is 12.0. The second kappa shape index (κ2) is 8.47. The van der Waals surface area contributed by atoms with Crippen molar-refractivity contribution in [3.63, 3.8) is 0 Å². The van der Waals surface area contributed by atoms with E-state index in [0.717, 1.165) is 24.0 Å². The molecule has 1 aliphatic rings. The Morgan fingerprint density at radius 1 is 0.920 bits per heavy atom. The summed E-state index contributed by atoms with van der Waals surface area (Å²) >= 11 is 0. The molecule has 3 rings (SSSR count). The van der Waals surface area contributed by atoms with Crippen LogP contribution in [0, 0.1) is 0 Å². The van der Waals surface area contributed by atoms with Crippen molar-refractivity contribution < 1.29 is 14.3 Å². The Hall–Kier alpha value is -2.62. The number of aryl methyl sites for hydroxylation is 2. The zero-order valence-electron chi connectivity index (χ0n) is 14.3. The fourth-order valence-electron chi connectivity index (χ4n) is 3.10. The Bertz CT molecular complexity index is 740. The Labute approximate surface area is 148 Å². The molecule has 0 spiro atoms. The number of ether oxygens (including phenoxy) is 1. The van der Waals surface area contributed by atoms with Crippen LogP contribution in [0.15, 0.2) is 48.5 Å². The van der Waals surface area contributed by atoms with E-state index in [2.05, 4.69) is 17.4 Å². The number of amides is 1. The summed E-state index contributed by atoms with van der Waals surface area (Å²) in [5.74, 6) is -0.588. The number of carbonyl (C=O) groups is 2. The van der Waals surface area contributed by atoms with Crippen LogP contribution in [0.4, 0.5) is 0 Å². The summed E-state index contributed by atoms with van der Waals surface area (Å²) in [5, 5.41) is 2.63. The predicted octanol–water partition coefficient (Wildman–Crippen LogP) is 2.97. The minimum absolute atomic E-state index is 0.101. The number of rotatable bonds is 6.